The minimum atomic E-state index is 0.390. The van der Waals surface area contributed by atoms with Gasteiger partial charge in [-0.3, -0.25) is 0 Å². The number of ether oxygens (including phenoxy) is 1. The van der Waals surface area contributed by atoms with Gasteiger partial charge in [-0.25, -0.2) is 15.8 Å². The number of aromatic nitrogens is 3. The molecule has 0 aliphatic rings. The number of methoxy groups -OCH3 is 1. The first-order valence-electron chi connectivity index (χ1n) is 7.31. The van der Waals surface area contributed by atoms with Gasteiger partial charge in [0.05, 0.1) is 12.8 Å². The van der Waals surface area contributed by atoms with Crippen LogP contribution in [0.25, 0.3) is 5.65 Å². The Balaban J connectivity index is 2.48. The third kappa shape index (κ3) is 3.25. The number of nitrogen functional groups attached to an aromatic ring is 1. The summed E-state index contributed by atoms with van der Waals surface area (Å²) >= 11 is 0. The first-order chi connectivity index (χ1) is 10.2. The monoisotopic (exact) mass is 292 g/mol. The van der Waals surface area contributed by atoms with Crippen LogP contribution in [-0.4, -0.2) is 40.7 Å². The third-order valence-corrected chi connectivity index (χ3v) is 3.70. The zero-order valence-electron chi connectivity index (χ0n) is 12.9. The SMILES string of the molecule is CCC(CC)N(CCOC)c1nc(NN)cn2ccnc12. The lowest BCUT2D eigenvalue weighted by Gasteiger charge is -2.31. The van der Waals surface area contributed by atoms with E-state index in [2.05, 4.69) is 34.1 Å². The maximum Gasteiger partial charge on any atom is 0.180 e. The molecule has 7 heteroatoms. The highest BCUT2D eigenvalue weighted by Gasteiger charge is 2.21. The summed E-state index contributed by atoms with van der Waals surface area (Å²) in [5.74, 6) is 6.98. The van der Waals surface area contributed by atoms with E-state index in [1.807, 2.05) is 16.8 Å². The van der Waals surface area contributed by atoms with E-state index in [9.17, 15) is 0 Å². The number of nitrogens with two attached hydrogens (primary N) is 1. The van der Waals surface area contributed by atoms with Crippen LogP contribution in [-0.2, 0) is 4.74 Å². The second kappa shape index (κ2) is 7.24. The number of hydrogen-bond donors (Lipinski definition) is 2. The van der Waals surface area contributed by atoms with Gasteiger partial charge in [0.2, 0.25) is 0 Å². The smallest absolute Gasteiger partial charge is 0.180 e. The van der Waals surface area contributed by atoms with Gasteiger partial charge >= 0.3 is 0 Å². The van der Waals surface area contributed by atoms with Gasteiger partial charge in [-0.05, 0) is 12.8 Å². The lowest BCUT2D eigenvalue weighted by Crippen LogP contribution is -2.38. The van der Waals surface area contributed by atoms with Crippen molar-refractivity contribution < 1.29 is 4.74 Å². The number of hydrogen-bond acceptors (Lipinski definition) is 6. The van der Waals surface area contributed by atoms with Crippen LogP contribution in [0, 0.1) is 0 Å². The molecule has 0 amide bonds. The van der Waals surface area contributed by atoms with Crippen molar-refractivity contribution in [3.63, 3.8) is 0 Å². The molecular formula is C14H24N6O. The average molecular weight is 292 g/mol. The zero-order valence-corrected chi connectivity index (χ0v) is 12.9. The summed E-state index contributed by atoms with van der Waals surface area (Å²) in [6.45, 7) is 5.78. The average Bonchev–Trinajstić information content (AvgIpc) is 2.99. The Hall–Kier alpha value is -1.86. The number of hydrazine groups is 1. The molecule has 0 saturated carbocycles. The van der Waals surface area contributed by atoms with Gasteiger partial charge in [-0.15, -0.1) is 0 Å². The lowest BCUT2D eigenvalue weighted by molar-refractivity contribution is 0.202. The summed E-state index contributed by atoms with van der Waals surface area (Å²) in [5.41, 5.74) is 3.45. The lowest BCUT2D eigenvalue weighted by atomic mass is 10.1. The predicted octanol–water partition coefficient (Wildman–Crippen LogP) is 1.66. The minimum Gasteiger partial charge on any atom is -0.383 e. The molecule has 21 heavy (non-hydrogen) atoms. The van der Waals surface area contributed by atoms with E-state index in [1.54, 1.807) is 13.3 Å². The van der Waals surface area contributed by atoms with Crippen molar-refractivity contribution in [3.8, 4) is 0 Å². The second-order valence-electron chi connectivity index (χ2n) is 4.91. The van der Waals surface area contributed by atoms with E-state index in [4.69, 9.17) is 10.6 Å². The Morgan fingerprint density at radius 1 is 1.43 bits per heavy atom. The third-order valence-electron chi connectivity index (χ3n) is 3.70. The van der Waals surface area contributed by atoms with Crippen LogP contribution in [0.5, 0.6) is 0 Å². The molecule has 0 unspecified atom stereocenters. The van der Waals surface area contributed by atoms with Gasteiger partial charge in [0, 0.05) is 32.1 Å². The van der Waals surface area contributed by atoms with Gasteiger partial charge in [0.15, 0.2) is 17.3 Å². The minimum absolute atomic E-state index is 0.390. The fourth-order valence-electron chi connectivity index (χ4n) is 2.56. The Bertz CT molecular complexity index is 566. The van der Waals surface area contributed by atoms with Crippen LogP contribution in [0.2, 0.25) is 0 Å². The Kier molecular flexibility index (Phi) is 5.35. The molecule has 0 atom stereocenters. The van der Waals surface area contributed by atoms with Gasteiger partial charge in [0.25, 0.3) is 0 Å². The summed E-state index contributed by atoms with van der Waals surface area (Å²) in [5, 5.41) is 0. The molecule has 0 aliphatic carbocycles. The van der Waals surface area contributed by atoms with E-state index >= 15 is 0 Å². The Morgan fingerprint density at radius 2 is 2.19 bits per heavy atom. The number of anilines is 2. The number of fused-ring (bicyclic) bond motifs is 1. The van der Waals surface area contributed by atoms with Crippen LogP contribution >= 0.6 is 0 Å². The highest BCUT2D eigenvalue weighted by Crippen LogP contribution is 2.24. The molecule has 0 bridgehead atoms. The Labute approximate surface area is 125 Å². The molecule has 0 spiro atoms. The maximum atomic E-state index is 5.53. The molecule has 2 aromatic rings. The van der Waals surface area contributed by atoms with Crippen molar-refractivity contribution in [2.75, 3.05) is 30.6 Å². The summed E-state index contributed by atoms with van der Waals surface area (Å²) < 4.78 is 7.18. The van der Waals surface area contributed by atoms with Gasteiger partial charge in [-0.1, -0.05) is 13.8 Å². The number of imidazole rings is 1. The summed E-state index contributed by atoms with van der Waals surface area (Å²) in [6.07, 6.45) is 7.56. The number of rotatable bonds is 8. The van der Waals surface area contributed by atoms with Crippen LogP contribution in [0.1, 0.15) is 26.7 Å². The van der Waals surface area contributed by atoms with Gasteiger partial charge in [-0.2, -0.15) is 0 Å². The van der Waals surface area contributed by atoms with Crippen molar-refractivity contribution >= 4 is 17.3 Å². The molecular weight excluding hydrogens is 268 g/mol. The molecule has 0 aliphatic heterocycles. The molecule has 2 aromatic heterocycles. The standard InChI is InChI=1S/C14H24N6O/c1-4-11(5-2)20(8-9-21-3)14-13-16-6-7-19(13)10-12(17-14)18-15/h6-7,10-11,18H,4-5,8-9,15H2,1-3H3. The van der Waals surface area contributed by atoms with Crippen molar-refractivity contribution in [1.82, 2.24) is 14.4 Å². The summed E-state index contributed by atoms with van der Waals surface area (Å²) in [7, 11) is 1.71. The molecule has 0 saturated heterocycles. The number of nitrogens with one attached hydrogen (secondary N) is 1. The topological polar surface area (TPSA) is 80.7 Å². The van der Waals surface area contributed by atoms with Crippen molar-refractivity contribution in [3.05, 3.63) is 18.6 Å². The van der Waals surface area contributed by atoms with Crippen molar-refractivity contribution in [1.29, 1.82) is 0 Å². The van der Waals surface area contributed by atoms with Crippen LogP contribution < -0.4 is 16.2 Å². The van der Waals surface area contributed by atoms with Crippen LogP contribution in [0.15, 0.2) is 18.6 Å². The highest BCUT2D eigenvalue weighted by atomic mass is 16.5. The number of nitrogens with zero attached hydrogens (tertiary/aromatic N) is 4. The fraction of sp³-hybridized carbons (Fsp3) is 0.571. The predicted molar refractivity (Wildman–Crippen MR) is 84.4 cm³/mol. The quantitative estimate of drug-likeness (QED) is 0.569. The van der Waals surface area contributed by atoms with Crippen LogP contribution in [0.3, 0.4) is 0 Å². The van der Waals surface area contributed by atoms with Crippen molar-refractivity contribution in [2.45, 2.75) is 32.7 Å². The first kappa shape index (κ1) is 15.5. The molecule has 2 heterocycles. The van der Waals surface area contributed by atoms with E-state index in [0.717, 1.165) is 30.9 Å². The molecule has 116 valence electrons. The normalized spacial score (nSPS) is 11.3. The Morgan fingerprint density at radius 3 is 2.81 bits per heavy atom. The van der Waals surface area contributed by atoms with E-state index in [-0.39, 0.29) is 0 Å². The first-order valence-corrected chi connectivity index (χ1v) is 7.31. The highest BCUT2D eigenvalue weighted by molar-refractivity contribution is 5.67. The summed E-state index contributed by atoms with van der Waals surface area (Å²) in [4.78, 5) is 11.3. The molecule has 0 fully saturated rings. The van der Waals surface area contributed by atoms with E-state index in [0.29, 0.717) is 18.5 Å². The molecule has 3 N–H and O–H groups in total. The van der Waals surface area contributed by atoms with Gasteiger partial charge in [0.1, 0.15) is 0 Å². The molecule has 7 nitrogen and oxygen atoms in total. The van der Waals surface area contributed by atoms with Crippen LogP contribution in [0.4, 0.5) is 11.6 Å². The summed E-state index contributed by atoms with van der Waals surface area (Å²) in [6, 6.07) is 0.390. The molecule has 0 radical (unpaired) electrons. The zero-order chi connectivity index (χ0) is 15.2. The molecule has 2 rings (SSSR count). The molecule has 0 aromatic carbocycles. The second-order valence-corrected chi connectivity index (χ2v) is 4.91. The maximum absolute atomic E-state index is 5.53. The van der Waals surface area contributed by atoms with E-state index < -0.39 is 0 Å². The fourth-order valence-corrected chi connectivity index (χ4v) is 2.56. The van der Waals surface area contributed by atoms with Crippen molar-refractivity contribution in [2.24, 2.45) is 5.84 Å². The largest absolute Gasteiger partial charge is 0.383 e. The van der Waals surface area contributed by atoms with Gasteiger partial charge < -0.3 is 19.5 Å². The van der Waals surface area contributed by atoms with E-state index in [1.165, 1.54) is 0 Å².